The van der Waals surface area contributed by atoms with E-state index in [-0.39, 0.29) is 19.1 Å². The average molecular weight is 208 g/mol. The molecule has 1 atom stereocenters. The average Bonchev–Trinajstić information content (AvgIpc) is 2.62. The van der Waals surface area contributed by atoms with Crippen molar-refractivity contribution in [3.8, 4) is 6.07 Å². The summed E-state index contributed by atoms with van der Waals surface area (Å²) in [6, 6.07) is 2.00. The van der Waals surface area contributed by atoms with Crippen LogP contribution < -0.4 is 0 Å². The van der Waals surface area contributed by atoms with Gasteiger partial charge in [-0.25, -0.2) is 4.68 Å². The van der Waals surface area contributed by atoms with E-state index in [1.165, 1.54) is 0 Å². The van der Waals surface area contributed by atoms with Crippen LogP contribution in [0.25, 0.3) is 0 Å². The van der Waals surface area contributed by atoms with Gasteiger partial charge in [0.1, 0.15) is 0 Å². The normalized spacial score (nSPS) is 12.4. The number of aliphatic hydroxyl groups excluding tert-OH is 1. The highest BCUT2D eigenvalue weighted by Crippen LogP contribution is 2.14. The van der Waals surface area contributed by atoms with Crippen molar-refractivity contribution in [3.63, 3.8) is 0 Å². The summed E-state index contributed by atoms with van der Waals surface area (Å²) in [5.74, 6) is 0. The fourth-order valence-electron chi connectivity index (χ4n) is 1.49. The Balaban J connectivity index is 3.01. The molecule has 0 fully saturated rings. The van der Waals surface area contributed by atoms with Crippen LogP contribution in [0.15, 0.2) is 0 Å². The molecule has 5 nitrogen and oxygen atoms in total. The monoisotopic (exact) mass is 208 g/mol. The maximum Gasteiger partial charge on any atom is 0.0999 e. The molecule has 1 aromatic rings. The van der Waals surface area contributed by atoms with Gasteiger partial charge < -0.3 is 5.11 Å². The zero-order valence-electron chi connectivity index (χ0n) is 9.14. The van der Waals surface area contributed by atoms with E-state index in [1.54, 1.807) is 4.68 Å². The predicted octanol–water partition coefficient (Wildman–Crippen LogP) is 0.850. The summed E-state index contributed by atoms with van der Waals surface area (Å²) in [6.45, 7) is 3.98. The van der Waals surface area contributed by atoms with Crippen molar-refractivity contribution in [1.29, 1.82) is 5.26 Å². The smallest absolute Gasteiger partial charge is 0.0999 e. The van der Waals surface area contributed by atoms with Crippen molar-refractivity contribution in [1.82, 2.24) is 15.0 Å². The number of hydrogen-bond acceptors (Lipinski definition) is 4. The van der Waals surface area contributed by atoms with E-state index >= 15 is 0 Å². The van der Waals surface area contributed by atoms with E-state index in [2.05, 4.69) is 23.3 Å². The zero-order chi connectivity index (χ0) is 11.3. The lowest BCUT2D eigenvalue weighted by Crippen LogP contribution is -2.14. The molecule has 1 rings (SSSR count). The molecule has 0 radical (unpaired) electrons. The minimum absolute atomic E-state index is 0.0338. The Kier molecular flexibility index (Phi) is 4.25. The molecule has 0 aliphatic carbocycles. The maximum absolute atomic E-state index is 9.07. The molecule has 82 valence electrons. The third-order valence-electron chi connectivity index (χ3n) is 2.29. The molecule has 0 aliphatic heterocycles. The number of aromatic nitrogens is 3. The van der Waals surface area contributed by atoms with Crippen molar-refractivity contribution in [2.75, 3.05) is 6.61 Å². The summed E-state index contributed by atoms with van der Waals surface area (Å²) in [5, 5.41) is 25.7. The molecule has 1 unspecified atom stereocenters. The summed E-state index contributed by atoms with van der Waals surface area (Å²) in [6.07, 6.45) is 2.10. The Morgan fingerprint density at radius 3 is 2.87 bits per heavy atom. The Morgan fingerprint density at radius 2 is 2.33 bits per heavy atom. The first-order chi connectivity index (χ1) is 7.24. The van der Waals surface area contributed by atoms with Gasteiger partial charge in [-0.1, -0.05) is 18.6 Å². The second kappa shape index (κ2) is 5.47. The quantitative estimate of drug-likeness (QED) is 0.778. The van der Waals surface area contributed by atoms with Crippen LogP contribution >= 0.6 is 0 Å². The number of hydrogen-bond donors (Lipinski definition) is 1. The number of nitrogens with zero attached hydrogens (tertiary/aromatic N) is 4. The highest BCUT2D eigenvalue weighted by atomic mass is 16.3. The van der Waals surface area contributed by atoms with Gasteiger partial charge in [0, 0.05) is 0 Å². The molecule has 0 aliphatic rings. The largest absolute Gasteiger partial charge is 0.394 e. The van der Waals surface area contributed by atoms with Crippen LogP contribution in [-0.4, -0.2) is 26.7 Å². The van der Waals surface area contributed by atoms with Crippen molar-refractivity contribution in [3.05, 3.63) is 11.4 Å². The molecule has 0 saturated carbocycles. The van der Waals surface area contributed by atoms with Crippen LogP contribution in [0.2, 0.25) is 0 Å². The van der Waals surface area contributed by atoms with Gasteiger partial charge >= 0.3 is 0 Å². The summed E-state index contributed by atoms with van der Waals surface area (Å²) < 4.78 is 1.72. The molecule has 0 bridgehead atoms. The molecule has 0 aromatic carbocycles. The first kappa shape index (κ1) is 11.7. The molecule has 0 saturated heterocycles. The van der Waals surface area contributed by atoms with Crippen LogP contribution in [0.5, 0.6) is 0 Å². The van der Waals surface area contributed by atoms with Gasteiger partial charge in [-0.05, 0) is 13.3 Å². The molecule has 0 spiro atoms. The lowest BCUT2D eigenvalue weighted by atomic mass is 10.1. The van der Waals surface area contributed by atoms with Gasteiger partial charge in [-0.3, -0.25) is 0 Å². The SMILES string of the molecule is CCCc1c(CC#N)nnn1C(C)CO. The van der Waals surface area contributed by atoms with Crippen LogP contribution in [0.3, 0.4) is 0 Å². The Morgan fingerprint density at radius 1 is 1.60 bits per heavy atom. The molecule has 15 heavy (non-hydrogen) atoms. The Labute approximate surface area is 89.3 Å². The van der Waals surface area contributed by atoms with Crippen molar-refractivity contribution < 1.29 is 5.11 Å². The molecular formula is C10H16N4O. The third kappa shape index (κ3) is 2.54. The second-order valence-electron chi connectivity index (χ2n) is 3.54. The molecule has 0 amide bonds. The van der Waals surface area contributed by atoms with Gasteiger partial charge in [0.15, 0.2) is 0 Å². The lowest BCUT2D eigenvalue weighted by Gasteiger charge is -2.11. The number of nitriles is 1. The van der Waals surface area contributed by atoms with E-state index in [0.717, 1.165) is 24.2 Å². The van der Waals surface area contributed by atoms with Crippen molar-refractivity contribution in [2.45, 2.75) is 39.2 Å². The first-order valence-corrected chi connectivity index (χ1v) is 5.15. The molecular weight excluding hydrogens is 192 g/mol. The van der Waals surface area contributed by atoms with Crippen molar-refractivity contribution >= 4 is 0 Å². The molecule has 1 aromatic heterocycles. The summed E-state index contributed by atoms with van der Waals surface area (Å²) >= 11 is 0. The fourth-order valence-corrected chi connectivity index (χ4v) is 1.49. The van der Waals surface area contributed by atoms with E-state index in [0.29, 0.717) is 0 Å². The zero-order valence-corrected chi connectivity index (χ0v) is 9.14. The van der Waals surface area contributed by atoms with E-state index in [1.807, 2.05) is 6.92 Å². The lowest BCUT2D eigenvalue weighted by molar-refractivity contribution is 0.225. The highest BCUT2D eigenvalue weighted by Gasteiger charge is 2.15. The summed E-state index contributed by atoms with van der Waals surface area (Å²) in [7, 11) is 0. The van der Waals surface area contributed by atoms with Crippen LogP contribution in [0, 0.1) is 11.3 Å². The maximum atomic E-state index is 9.07. The van der Waals surface area contributed by atoms with E-state index in [4.69, 9.17) is 10.4 Å². The minimum Gasteiger partial charge on any atom is -0.394 e. The third-order valence-corrected chi connectivity index (χ3v) is 2.29. The molecule has 1 N–H and O–H groups in total. The van der Waals surface area contributed by atoms with Crippen LogP contribution in [0.1, 0.15) is 37.7 Å². The van der Waals surface area contributed by atoms with Gasteiger partial charge in [0.25, 0.3) is 0 Å². The summed E-state index contributed by atoms with van der Waals surface area (Å²) in [5.41, 5.74) is 1.71. The molecule has 1 heterocycles. The van der Waals surface area contributed by atoms with E-state index in [9.17, 15) is 0 Å². The van der Waals surface area contributed by atoms with Gasteiger partial charge in [-0.15, -0.1) is 5.10 Å². The Bertz CT molecular complexity index is 353. The van der Waals surface area contributed by atoms with Gasteiger partial charge in [0.05, 0.1) is 36.5 Å². The van der Waals surface area contributed by atoms with E-state index < -0.39 is 0 Å². The number of aliphatic hydroxyl groups is 1. The minimum atomic E-state index is -0.0773. The second-order valence-corrected chi connectivity index (χ2v) is 3.54. The topological polar surface area (TPSA) is 74.7 Å². The van der Waals surface area contributed by atoms with Crippen LogP contribution in [-0.2, 0) is 12.8 Å². The van der Waals surface area contributed by atoms with Crippen LogP contribution in [0.4, 0.5) is 0 Å². The van der Waals surface area contributed by atoms with Gasteiger partial charge in [-0.2, -0.15) is 5.26 Å². The first-order valence-electron chi connectivity index (χ1n) is 5.15. The van der Waals surface area contributed by atoms with Crippen molar-refractivity contribution in [2.24, 2.45) is 0 Å². The highest BCUT2D eigenvalue weighted by molar-refractivity contribution is 5.15. The fraction of sp³-hybridized carbons (Fsp3) is 0.700. The summed E-state index contributed by atoms with van der Waals surface area (Å²) in [4.78, 5) is 0. The standard InChI is InChI=1S/C10H16N4O/c1-3-4-10-9(5-6-11)12-13-14(10)8(2)7-15/h8,15H,3-5,7H2,1-2H3. The predicted molar refractivity (Wildman–Crippen MR) is 55.1 cm³/mol. The Hall–Kier alpha value is -1.41. The molecule has 5 heteroatoms. The number of rotatable bonds is 5. The van der Waals surface area contributed by atoms with Gasteiger partial charge in [0.2, 0.25) is 0 Å².